The van der Waals surface area contributed by atoms with Gasteiger partial charge in [0.2, 0.25) is 5.91 Å². The summed E-state index contributed by atoms with van der Waals surface area (Å²) in [4.78, 5) is 16.8. The van der Waals surface area contributed by atoms with E-state index in [-0.39, 0.29) is 18.3 Å². The minimum Gasteiger partial charge on any atom is -0.348 e. The molecule has 0 saturated carbocycles. The van der Waals surface area contributed by atoms with E-state index in [2.05, 4.69) is 21.7 Å². The Bertz CT molecular complexity index is 589. The van der Waals surface area contributed by atoms with Crippen molar-refractivity contribution in [3.05, 3.63) is 29.3 Å². The van der Waals surface area contributed by atoms with Crippen LogP contribution in [-0.2, 0) is 11.3 Å². The molecule has 114 valence electrons. The van der Waals surface area contributed by atoms with Crippen LogP contribution in [0.15, 0.2) is 24.3 Å². The first kappa shape index (κ1) is 16.2. The standard InChI is InChI=1S/C15H19N3OS.ClH/c1-15(8-4-5-9-17-15)14(19)16-10-13-18-11-6-2-3-7-12(11)20-13;/h2-3,6-7,17H,4-5,8-10H2,1H3,(H,16,19);1H. The van der Waals surface area contributed by atoms with Crippen LogP contribution in [0.3, 0.4) is 0 Å². The summed E-state index contributed by atoms with van der Waals surface area (Å²) in [5, 5.41) is 7.30. The average Bonchev–Trinajstić information content (AvgIpc) is 2.88. The molecule has 2 N–H and O–H groups in total. The molecule has 1 saturated heterocycles. The van der Waals surface area contributed by atoms with E-state index in [4.69, 9.17) is 0 Å². The lowest BCUT2D eigenvalue weighted by molar-refractivity contribution is -0.128. The number of nitrogens with zero attached hydrogens (tertiary/aromatic N) is 1. The minimum absolute atomic E-state index is 0. The summed E-state index contributed by atoms with van der Waals surface area (Å²) in [6.07, 6.45) is 3.16. The maximum absolute atomic E-state index is 12.3. The summed E-state index contributed by atoms with van der Waals surface area (Å²) in [6.45, 7) is 3.42. The summed E-state index contributed by atoms with van der Waals surface area (Å²) in [5.41, 5.74) is 0.582. The lowest BCUT2D eigenvalue weighted by atomic mass is 9.90. The second kappa shape index (κ2) is 6.73. The van der Waals surface area contributed by atoms with Gasteiger partial charge in [0.1, 0.15) is 5.01 Å². The fraction of sp³-hybridized carbons (Fsp3) is 0.467. The Hall–Kier alpha value is -1.17. The number of halogens is 1. The SMILES string of the molecule is CC1(C(=O)NCc2nc3ccccc3s2)CCCCN1.Cl. The van der Waals surface area contributed by atoms with Crippen LogP contribution in [-0.4, -0.2) is 23.0 Å². The predicted molar refractivity (Wildman–Crippen MR) is 89.0 cm³/mol. The Balaban J connectivity index is 0.00000161. The van der Waals surface area contributed by atoms with Crippen molar-refractivity contribution in [2.24, 2.45) is 0 Å². The van der Waals surface area contributed by atoms with Crippen molar-refractivity contribution in [3.8, 4) is 0 Å². The van der Waals surface area contributed by atoms with E-state index in [0.29, 0.717) is 6.54 Å². The molecule has 2 aromatic rings. The summed E-state index contributed by atoms with van der Waals surface area (Å²) in [5.74, 6) is 0.0801. The molecule has 1 unspecified atom stereocenters. The van der Waals surface area contributed by atoms with E-state index in [9.17, 15) is 4.79 Å². The monoisotopic (exact) mass is 325 g/mol. The summed E-state index contributed by atoms with van der Waals surface area (Å²) in [6, 6.07) is 8.05. The number of thiazole rings is 1. The Kier molecular flexibility index (Phi) is 5.19. The highest BCUT2D eigenvalue weighted by Crippen LogP contribution is 2.22. The number of piperidine rings is 1. The number of rotatable bonds is 3. The third kappa shape index (κ3) is 3.54. The molecule has 1 fully saturated rings. The number of para-hydroxylation sites is 1. The molecular formula is C15H20ClN3OS. The molecule has 3 rings (SSSR count). The molecule has 6 heteroatoms. The van der Waals surface area contributed by atoms with Gasteiger partial charge in [-0.15, -0.1) is 23.7 Å². The van der Waals surface area contributed by atoms with E-state index >= 15 is 0 Å². The highest BCUT2D eigenvalue weighted by molar-refractivity contribution is 7.18. The average molecular weight is 326 g/mol. The summed E-state index contributed by atoms with van der Waals surface area (Å²) < 4.78 is 1.17. The second-order valence-electron chi connectivity index (χ2n) is 5.47. The number of hydrogen-bond acceptors (Lipinski definition) is 4. The molecule has 1 aliphatic heterocycles. The second-order valence-corrected chi connectivity index (χ2v) is 6.59. The Labute approximate surface area is 134 Å². The Morgan fingerprint density at radius 3 is 2.95 bits per heavy atom. The van der Waals surface area contributed by atoms with E-state index in [1.807, 2.05) is 25.1 Å². The van der Waals surface area contributed by atoms with E-state index in [1.165, 1.54) is 4.70 Å². The zero-order valence-electron chi connectivity index (χ0n) is 12.0. The number of carbonyl (C=O) groups is 1. The van der Waals surface area contributed by atoms with Crippen LogP contribution in [0.25, 0.3) is 10.2 Å². The zero-order chi connectivity index (χ0) is 14.0. The lowest BCUT2D eigenvalue weighted by Crippen LogP contribution is -2.56. The molecule has 1 aliphatic rings. The molecule has 0 aliphatic carbocycles. The van der Waals surface area contributed by atoms with Gasteiger partial charge in [0.25, 0.3) is 0 Å². The number of benzene rings is 1. The van der Waals surface area contributed by atoms with Gasteiger partial charge in [-0.3, -0.25) is 4.79 Å². The van der Waals surface area contributed by atoms with E-state index < -0.39 is 5.54 Å². The number of aromatic nitrogens is 1. The molecule has 0 spiro atoms. The molecule has 2 heterocycles. The molecule has 4 nitrogen and oxygen atoms in total. The van der Waals surface area contributed by atoms with Gasteiger partial charge in [-0.1, -0.05) is 12.1 Å². The fourth-order valence-electron chi connectivity index (χ4n) is 2.60. The fourth-order valence-corrected chi connectivity index (χ4v) is 3.50. The Morgan fingerprint density at radius 2 is 2.24 bits per heavy atom. The lowest BCUT2D eigenvalue weighted by Gasteiger charge is -2.33. The van der Waals surface area contributed by atoms with Gasteiger partial charge in [-0.05, 0) is 44.9 Å². The van der Waals surface area contributed by atoms with Gasteiger partial charge < -0.3 is 10.6 Å². The summed E-state index contributed by atoms with van der Waals surface area (Å²) in [7, 11) is 0. The number of nitrogens with one attached hydrogen (secondary N) is 2. The Morgan fingerprint density at radius 1 is 1.43 bits per heavy atom. The molecule has 1 aromatic carbocycles. The van der Waals surface area contributed by atoms with E-state index in [0.717, 1.165) is 36.3 Å². The van der Waals surface area contributed by atoms with Crippen LogP contribution in [0, 0.1) is 0 Å². The highest BCUT2D eigenvalue weighted by Gasteiger charge is 2.33. The van der Waals surface area contributed by atoms with Crippen molar-refractivity contribution in [2.75, 3.05) is 6.54 Å². The first-order valence-electron chi connectivity index (χ1n) is 7.05. The van der Waals surface area contributed by atoms with Crippen LogP contribution in [0.2, 0.25) is 0 Å². The first-order valence-corrected chi connectivity index (χ1v) is 7.87. The number of hydrogen-bond donors (Lipinski definition) is 2. The van der Waals surface area contributed by atoms with Crippen molar-refractivity contribution in [1.82, 2.24) is 15.6 Å². The molecule has 21 heavy (non-hydrogen) atoms. The van der Waals surface area contributed by atoms with Crippen LogP contribution in [0.1, 0.15) is 31.2 Å². The number of amides is 1. The minimum atomic E-state index is -0.422. The molecule has 1 atom stereocenters. The van der Waals surface area contributed by atoms with Gasteiger partial charge >= 0.3 is 0 Å². The van der Waals surface area contributed by atoms with Crippen molar-refractivity contribution in [1.29, 1.82) is 0 Å². The van der Waals surface area contributed by atoms with Crippen molar-refractivity contribution in [3.63, 3.8) is 0 Å². The zero-order valence-corrected chi connectivity index (χ0v) is 13.6. The predicted octanol–water partition coefficient (Wildman–Crippen LogP) is 2.87. The number of carbonyl (C=O) groups excluding carboxylic acids is 1. The van der Waals surface area contributed by atoms with Crippen LogP contribution < -0.4 is 10.6 Å². The molecule has 1 aromatic heterocycles. The van der Waals surface area contributed by atoms with Crippen molar-refractivity contribution < 1.29 is 4.79 Å². The topological polar surface area (TPSA) is 54.0 Å². The quantitative estimate of drug-likeness (QED) is 0.912. The van der Waals surface area contributed by atoms with Crippen molar-refractivity contribution in [2.45, 2.75) is 38.3 Å². The highest BCUT2D eigenvalue weighted by atomic mass is 35.5. The van der Waals surface area contributed by atoms with Gasteiger partial charge in [-0.25, -0.2) is 4.98 Å². The number of fused-ring (bicyclic) bond motifs is 1. The third-order valence-electron chi connectivity index (χ3n) is 3.86. The molecule has 1 amide bonds. The smallest absolute Gasteiger partial charge is 0.240 e. The van der Waals surface area contributed by atoms with Gasteiger partial charge in [0, 0.05) is 0 Å². The van der Waals surface area contributed by atoms with Gasteiger partial charge in [0.15, 0.2) is 0 Å². The molecular weight excluding hydrogens is 306 g/mol. The van der Waals surface area contributed by atoms with Gasteiger partial charge in [0.05, 0.1) is 22.3 Å². The van der Waals surface area contributed by atoms with Crippen LogP contribution in [0.5, 0.6) is 0 Å². The first-order chi connectivity index (χ1) is 9.67. The van der Waals surface area contributed by atoms with Crippen LogP contribution in [0.4, 0.5) is 0 Å². The van der Waals surface area contributed by atoms with Crippen LogP contribution >= 0.6 is 23.7 Å². The summed E-state index contributed by atoms with van der Waals surface area (Å²) >= 11 is 1.64. The van der Waals surface area contributed by atoms with Gasteiger partial charge in [-0.2, -0.15) is 0 Å². The maximum atomic E-state index is 12.3. The van der Waals surface area contributed by atoms with E-state index in [1.54, 1.807) is 11.3 Å². The molecule has 0 bridgehead atoms. The maximum Gasteiger partial charge on any atom is 0.240 e. The molecule has 0 radical (unpaired) electrons. The normalized spacial score (nSPS) is 21.8. The van der Waals surface area contributed by atoms with Crippen molar-refractivity contribution >= 4 is 39.9 Å². The third-order valence-corrected chi connectivity index (χ3v) is 4.89. The largest absolute Gasteiger partial charge is 0.348 e.